The van der Waals surface area contributed by atoms with E-state index in [-0.39, 0.29) is 5.91 Å². The summed E-state index contributed by atoms with van der Waals surface area (Å²) in [4.78, 5) is 22.5. The molecule has 3 aromatic carbocycles. The Hall–Kier alpha value is -2.60. The number of benzene rings is 3. The molecule has 37 heavy (non-hydrogen) atoms. The quantitative estimate of drug-likeness (QED) is 0.244. The normalized spacial score (nSPS) is 14.1. The number of amides is 1. The van der Waals surface area contributed by atoms with Gasteiger partial charge >= 0.3 is 0 Å². The fraction of sp³-hybridized carbons (Fsp3) is 0.172. The van der Waals surface area contributed by atoms with Gasteiger partial charge in [0.05, 0.1) is 10.7 Å². The molecule has 1 amide bonds. The zero-order chi connectivity index (χ0) is 25.9. The van der Waals surface area contributed by atoms with E-state index in [1.165, 1.54) is 5.56 Å². The summed E-state index contributed by atoms with van der Waals surface area (Å²) in [6.45, 7) is 3.65. The second-order valence-corrected chi connectivity index (χ2v) is 10.6. The van der Waals surface area contributed by atoms with Gasteiger partial charge in [0.15, 0.2) is 0 Å². The summed E-state index contributed by atoms with van der Waals surface area (Å²) < 4.78 is 0. The zero-order valence-corrected chi connectivity index (χ0v) is 22.8. The molecular formula is C29H23Cl4N3O. The first-order chi connectivity index (χ1) is 17.9. The molecule has 0 atom stereocenters. The van der Waals surface area contributed by atoms with Gasteiger partial charge in [0.1, 0.15) is 5.69 Å². The molecule has 1 aliphatic rings. The molecule has 0 bridgehead atoms. The first-order valence-electron chi connectivity index (χ1n) is 11.9. The summed E-state index contributed by atoms with van der Waals surface area (Å²) in [7, 11) is 0. The van der Waals surface area contributed by atoms with Gasteiger partial charge in [-0.05, 0) is 65.7 Å². The molecule has 0 N–H and O–H groups in total. The summed E-state index contributed by atoms with van der Waals surface area (Å²) in [5, 5.41) is 2.37. The molecule has 1 aromatic heterocycles. The van der Waals surface area contributed by atoms with Crippen LogP contribution in [0.5, 0.6) is 0 Å². The van der Waals surface area contributed by atoms with E-state index in [0.29, 0.717) is 45.1 Å². The summed E-state index contributed by atoms with van der Waals surface area (Å²) >= 11 is 24.8. The Morgan fingerprint density at radius 1 is 0.703 bits per heavy atom. The minimum Gasteiger partial charge on any atom is -0.335 e. The predicted molar refractivity (Wildman–Crippen MR) is 153 cm³/mol. The monoisotopic (exact) mass is 569 g/mol. The molecule has 1 fully saturated rings. The average Bonchev–Trinajstić information content (AvgIpc) is 2.90. The van der Waals surface area contributed by atoms with Gasteiger partial charge in [-0.2, -0.15) is 0 Å². The van der Waals surface area contributed by atoms with Crippen LogP contribution < -0.4 is 0 Å². The highest BCUT2D eigenvalue weighted by atomic mass is 35.5. The van der Waals surface area contributed by atoms with Crippen LogP contribution in [0.3, 0.4) is 0 Å². The van der Waals surface area contributed by atoms with Gasteiger partial charge in [0.25, 0.3) is 5.91 Å². The summed E-state index contributed by atoms with van der Waals surface area (Å²) in [5.74, 6) is -0.0971. The van der Waals surface area contributed by atoms with Crippen LogP contribution in [0.25, 0.3) is 22.4 Å². The van der Waals surface area contributed by atoms with E-state index in [2.05, 4.69) is 4.90 Å². The fourth-order valence-corrected chi connectivity index (χ4v) is 5.20. The third kappa shape index (κ3) is 6.11. The maximum absolute atomic E-state index is 13.5. The molecule has 1 saturated heterocycles. The standard InChI is InChI=1S/C29H23Cl4N3O/c30-21-5-1-19(2-6-21)18-35-13-15-36(16-14-35)29(37)27-12-11-24(20-3-7-22(31)8-4-20)28(34-27)25-10-9-23(32)17-26(25)33/h1-12,17H,13-16,18H2. The lowest BCUT2D eigenvalue weighted by atomic mass is 9.98. The van der Waals surface area contributed by atoms with Crippen LogP contribution in [0.15, 0.2) is 78.9 Å². The van der Waals surface area contributed by atoms with Gasteiger partial charge in [0, 0.05) is 58.9 Å². The SMILES string of the molecule is O=C(c1ccc(-c2ccc(Cl)cc2)c(-c2ccc(Cl)cc2Cl)n1)N1CCN(Cc2ccc(Cl)cc2)CC1. The lowest BCUT2D eigenvalue weighted by molar-refractivity contribution is 0.0623. The number of halogens is 4. The minimum atomic E-state index is -0.0971. The number of carbonyl (C=O) groups excluding carboxylic acids is 1. The van der Waals surface area contributed by atoms with Gasteiger partial charge in [0.2, 0.25) is 0 Å². The van der Waals surface area contributed by atoms with Crippen molar-refractivity contribution in [1.82, 2.24) is 14.8 Å². The Morgan fingerprint density at radius 3 is 1.95 bits per heavy atom. The van der Waals surface area contributed by atoms with E-state index in [9.17, 15) is 4.79 Å². The molecule has 0 spiro atoms. The second-order valence-electron chi connectivity index (χ2n) is 8.92. The number of rotatable bonds is 5. The van der Waals surface area contributed by atoms with Gasteiger partial charge in [-0.25, -0.2) is 4.98 Å². The van der Waals surface area contributed by atoms with E-state index in [1.807, 2.05) is 65.6 Å². The van der Waals surface area contributed by atoms with E-state index >= 15 is 0 Å². The number of nitrogens with zero attached hydrogens (tertiary/aromatic N) is 3. The number of carbonyl (C=O) groups is 1. The molecule has 4 nitrogen and oxygen atoms in total. The molecule has 2 heterocycles. The summed E-state index contributed by atoms with van der Waals surface area (Å²) in [6.07, 6.45) is 0. The van der Waals surface area contributed by atoms with Crippen LogP contribution in [0.4, 0.5) is 0 Å². The number of hydrogen-bond acceptors (Lipinski definition) is 3. The largest absolute Gasteiger partial charge is 0.335 e. The molecule has 4 aromatic rings. The van der Waals surface area contributed by atoms with Crippen molar-refractivity contribution < 1.29 is 4.79 Å². The maximum Gasteiger partial charge on any atom is 0.272 e. The number of piperazine rings is 1. The van der Waals surface area contributed by atoms with Crippen LogP contribution in [-0.2, 0) is 6.54 Å². The molecule has 5 rings (SSSR count). The Bertz CT molecular complexity index is 1420. The van der Waals surface area contributed by atoms with Crippen molar-refractivity contribution in [3.63, 3.8) is 0 Å². The average molecular weight is 571 g/mol. The van der Waals surface area contributed by atoms with E-state index in [1.54, 1.807) is 18.2 Å². The number of pyridine rings is 1. The van der Waals surface area contributed by atoms with Gasteiger partial charge in [-0.3, -0.25) is 9.69 Å². The topological polar surface area (TPSA) is 36.4 Å². The Labute approximate surface area is 236 Å². The maximum atomic E-state index is 13.5. The van der Waals surface area contributed by atoms with Gasteiger partial charge < -0.3 is 4.90 Å². The predicted octanol–water partition coefficient (Wildman–Crippen LogP) is 7.99. The molecular weight excluding hydrogens is 548 g/mol. The van der Waals surface area contributed by atoms with Crippen molar-refractivity contribution in [1.29, 1.82) is 0 Å². The molecule has 8 heteroatoms. The van der Waals surface area contributed by atoms with Crippen LogP contribution >= 0.6 is 46.4 Å². The highest BCUT2D eigenvalue weighted by Crippen LogP contribution is 2.36. The molecule has 0 radical (unpaired) electrons. The Morgan fingerprint density at radius 2 is 1.30 bits per heavy atom. The van der Waals surface area contributed by atoms with Crippen molar-refractivity contribution in [2.24, 2.45) is 0 Å². The number of aromatic nitrogens is 1. The van der Waals surface area contributed by atoms with E-state index in [0.717, 1.165) is 35.8 Å². The smallest absolute Gasteiger partial charge is 0.272 e. The van der Waals surface area contributed by atoms with E-state index < -0.39 is 0 Å². The van der Waals surface area contributed by atoms with Crippen molar-refractivity contribution in [3.05, 3.63) is 110 Å². The van der Waals surface area contributed by atoms with Crippen LogP contribution in [0.2, 0.25) is 20.1 Å². The van der Waals surface area contributed by atoms with Gasteiger partial charge in [-0.1, -0.05) is 70.7 Å². The third-order valence-electron chi connectivity index (χ3n) is 6.43. The van der Waals surface area contributed by atoms with Crippen LogP contribution in [0, 0.1) is 0 Å². The molecule has 0 saturated carbocycles. The molecule has 0 unspecified atom stereocenters. The molecule has 188 valence electrons. The summed E-state index contributed by atoms with van der Waals surface area (Å²) in [5.41, 5.74) is 4.69. The first-order valence-corrected chi connectivity index (χ1v) is 13.4. The fourth-order valence-electron chi connectivity index (χ4n) is 4.45. The van der Waals surface area contributed by atoms with Crippen molar-refractivity contribution in [2.45, 2.75) is 6.54 Å². The van der Waals surface area contributed by atoms with Gasteiger partial charge in [-0.15, -0.1) is 0 Å². The highest BCUT2D eigenvalue weighted by Gasteiger charge is 2.24. The lowest BCUT2D eigenvalue weighted by Crippen LogP contribution is -2.48. The van der Waals surface area contributed by atoms with Crippen LogP contribution in [0.1, 0.15) is 16.1 Å². The molecule has 0 aliphatic carbocycles. The van der Waals surface area contributed by atoms with Crippen molar-refractivity contribution in [3.8, 4) is 22.4 Å². The minimum absolute atomic E-state index is 0.0971. The van der Waals surface area contributed by atoms with Crippen molar-refractivity contribution in [2.75, 3.05) is 26.2 Å². The van der Waals surface area contributed by atoms with Crippen molar-refractivity contribution >= 4 is 52.3 Å². The third-order valence-corrected chi connectivity index (χ3v) is 7.49. The van der Waals surface area contributed by atoms with Crippen LogP contribution in [-0.4, -0.2) is 46.9 Å². The Balaban J connectivity index is 1.39. The highest BCUT2D eigenvalue weighted by molar-refractivity contribution is 6.36. The lowest BCUT2D eigenvalue weighted by Gasteiger charge is -2.34. The summed E-state index contributed by atoms with van der Waals surface area (Å²) in [6, 6.07) is 24.4. The van der Waals surface area contributed by atoms with E-state index in [4.69, 9.17) is 51.4 Å². The first kappa shape index (κ1) is 26.0. The number of hydrogen-bond donors (Lipinski definition) is 0. The second kappa shape index (κ2) is 11.4. The Kier molecular flexibility index (Phi) is 8.04. The molecule has 1 aliphatic heterocycles. The zero-order valence-electron chi connectivity index (χ0n) is 19.8.